The summed E-state index contributed by atoms with van der Waals surface area (Å²) in [6.45, 7) is 1.51. The van der Waals surface area contributed by atoms with Gasteiger partial charge in [0, 0.05) is 26.2 Å². The molecule has 1 rings (SSSR count). The van der Waals surface area contributed by atoms with E-state index < -0.39 is 0 Å². The molecule has 10 heavy (non-hydrogen) atoms. The number of amides is 2. The standard InChI is InChI=1S/C7H10N2O/c1-3-9-6-4-5-8(2)7(9)10/h1H,4-6H2,2H3. The van der Waals surface area contributed by atoms with E-state index in [0.717, 1.165) is 13.0 Å². The summed E-state index contributed by atoms with van der Waals surface area (Å²) in [7, 11) is 1.76. The van der Waals surface area contributed by atoms with Crippen LogP contribution in [0, 0.1) is 12.5 Å². The van der Waals surface area contributed by atoms with E-state index in [4.69, 9.17) is 6.42 Å². The van der Waals surface area contributed by atoms with Crippen LogP contribution in [-0.2, 0) is 0 Å². The molecule has 0 aromatic rings. The first-order chi connectivity index (χ1) is 4.75. The lowest BCUT2D eigenvalue weighted by Crippen LogP contribution is -2.44. The highest BCUT2D eigenvalue weighted by molar-refractivity contribution is 5.76. The molecule has 1 aliphatic rings. The minimum Gasteiger partial charge on any atom is -0.327 e. The van der Waals surface area contributed by atoms with E-state index in [1.165, 1.54) is 4.90 Å². The SMILES string of the molecule is C#CN1CCCN(C)C1=O. The van der Waals surface area contributed by atoms with Gasteiger partial charge in [-0.05, 0) is 6.42 Å². The summed E-state index contributed by atoms with van der Waals surface area (Å²) in [5.74, 6) is 0. The zero-order valence-corrected chi connectivity index (χ0v) is 6.00. The smallest absolute Gasteiger partial charge is 0.327 e. The number of rotatable bonds is 0. The van der Waals surface area contributed by atoms with Crippen LogP contribution in [0.3, 0.4) is 0 Å². The molecule has 0 aromatic heterocycles. The van der Waals surface area contributed by atoms with Crippen LogP contribution in [0.25, 0.3) is 0 Å². The Kier molecular flexibility index (Phi) is 1.81. The monoisotopic (exact) mass is 138 g/mol. The van der Waals surface area contributed by atoms with Gasteiger partial charge in [-0.2, -0.15) is 0 Å². The van der Waals surface area contributed by atoms with Crippen molar-refractivity contribution in [1.29, 1.82) is 0 Å². The van der Waals surface area contributed by atoms with Crippen molar-refractivity contribution in [2.45, 2.75) is 6.42 Å². The van der Waals surface area contributed by atoms with Crippen molar-refractivity contribution in [2.24, 2.45) is 0 Å². The molecule has 54 valence electrons. The Balaban J connectivity index is 2.62. The zero-order valence-electron chi connectivity index (χ0n) is 6.00. The zero-order chi connectivity index (χ0) is 7.56. The van der Waals surface area contributed by atoms with Gasteiger partial charge in [0.25, 0.3) is 0 Å². The molecule has 0 radical (unpaired) electrons. The first kappa shape index (κ1) is 6.94. The third kappa shape index (κ3) is 1.06. The second-order valence-corrected chi connectivity index (χ2v) is 2.34. The van der Waals surface area contributed by atoms with E-state index in [2.05, 4.69) is 6.04 Å². The summed E-state index contributed by atoms with van der Waals surface area (Å²) in [4.78, 5) is 14.1. The van der Waals surface area contributed by atoms with Gasteiger partial charge >= 0.3 is 6.03 Å². The first-order valence-electron chi connectivity index (χ1n) is 3.24. The van der Waals surface area contributed by atoms with Gasteiger partial charge in [0.15, 0.2) is 0 Å². The molecule has 0 saturated carbocycles. The van der Waals surface area contributed by atoms with E-state index in [1.807, 2.05) is 0 Å². The van der Waals surface area contributed by atoms with Crippen molar-refractivity contribution in [1.82, 2.24) is 9.80 Å². The normalized spacial score (nSPS) is 19.0. The number of hydrogen-bond donors (Lipinski definition) is 0. The molecule has 0 bridgehead atoms. The Labute approximate surface area is 60.6 Å². The number of terminal acetylenes is 1. The van der Waals surface area contributed by atoms with Gasteiger partial charge in [-0.3, -0.25) is 4.90 Å². The molecular formula is C7H10N2O. The van der Waals surface area contributed by atoms with Gasteiger partial charge in [-0.15, -0.1) is 0 Å². The molecule has 1 heterocycles. The van der Waals surface area contributed by atoms with Gasteiger partial charge in [0.05, 0.1) is 0 Å². The highest BCUT2D eigenvalue weighted by Gasteiger charge is 2.20. The second kappa shape index (κ2) is 2.61. The van der Waals surface area contributed by atoms with E-state index >= 15 is 0 Å². The summed E-state index contributed by atoms with van der Waals surface area (Å²) in [6, 6.07) is 2.26. The predicted molar refractivity (Wildman–Crippen MR) is 38.2 cm³/mol. The number of hydrogen-bond acceptors (Lipinski definition) is 1. The van der Waals surface area contributed by atoms with Crippen LogP contribution in [0.15, 0.2) is 0 Å². The van der Waals surface area contributed by atoms with Crippen molar-refractivity contribution in [2.75, 3.05) is 20.1 Å². The minimum absolute atomic E-state index is 0.0613. The number of carbonyl (C=O) groups excluding carboxylic acids is 1. The highest BCUT2D eigenvalue weighted by atomic mass is 16.2. The quantitative estimate of drug-likeness (QED) is 0.443. The lowest BCUT2D eigenvalue weighted by atomic mass is 10.3. The average molecular weight is 138 g/mol. The molecule has 0 aromatic carbocycles. The van der Waals surface area contributed by atoms with Gasteiger partial charge in [-0.25, -0.2) is 4.79 Å². The van der Waals surface area contributed by atoms with E-state index in [1.54, 1.807) is 11.9 Å². The van der Waals surface area contributed by atoms with Crippen LogP contribution in [0.5, 0.6) is 0 Å². The molecule has 3 heteroatoms. The third-order valence-electron chi connectivity index (χ3n) is 1.59. The fraction of sp³-hybridized carbons (Fsp3) is 0.571. The van der Waals surface area contributed by atoms with Crippen LogP contribution < -0.4 is 0 Å². The average Bonchev–Trinajstić information content (AvgIpc) is 1.95. The van der Waals surface area contributed by atoms with E-state index in [0.29, 0.717) is 6.54 Å². The van der Waals surface area contributed by atoms with Crippen molar-refractivity contribution in [3.8, 4) is 12.5 Å². The third-order valence-corrected chi connectivity index (χ3v) is 1.59. The maximum absolute atomic E-state index is 11.1. The van der Waals surface area contributed by atoms with Crippen molar-refractivity contribution < 1.29 is 4.79 Å². The fourth-order valence-electron chi connectivity index (χ4n) is 0.983. The van der Waals surface area contributed by atoms with Crippen molar-refractivity contribution >= 4 is 6.03 Å². The Morgan fingerprint density at radius 1 is 1.60 bits per heavy atom. The van der Waals surface area contributed by atoms with E-state index in [-0.39, 0.29) is 6.03 Å². The summed E-state index contributed by atoms with van der Waals surface area (Å²) < 4.78 is 0. The van der Waals surface area contributed by atoms with Crippen LogP contribution in [0.4, 0.5) is 4.79 Å². The van der Waals surface area contributed by atoms with Gasteiger partial charge < -0.3 is 4.90 Å². The van der Waals surface area contributed by atoms with Gasteiger partial charge in [0.2, 0.25) is 0 Å². The molecule has 1 saturated heterocycles. The molecule has 0 atom stereocenters. The van der Waals surface area contributed by atoms with Gasteiger partial charge in [0.1, 0.15) is 0 Å². The van der Waals surface area contributed by atoms with Crippen LogP contribution in [0.2, 0.25) is 0 Å². The molecule has 0 spiro atoms. The minimum atomic E-state index is -0.0613. The maximum Gasteiger partial charge on any atom is 0.331 e. The molecular weight excluding hydrogens is 128 g/mol. The molecule has 2 amide bonds. The second-order valence-electron chi connectivity index (χ2n) is 2.34. The molecule has 0 aliphatic carbocycles. The molecule has 3 nitrogen and oxygen atoms in total. The fourth-order valence-corrected chi connectivity index (χ4v) is 0.983. The largest absolute Gasteiger partial charge is 0.331 e. The molecule has 1 fully saturated rings. The first-order valence-corrected chi connectivity index (χ1v) is 3.24. The van der Waals surface area contributed by atoms with Crippen molar-refractivity contribution in [3.05, 3.63) is 0 Å². The molecule has 1 aliphatic heterocycles. The summed E-state index contributed by atoms with van der Waals surface area (Å²) in [5.41, 5.74) is 0. The Bertz CT molecular complexity index is 183. The topological polar surface area (TPSA) is 23.6 Å². The van der Waals surface area contributed by atoms with Crippen LogP contribution >= 0.6 is 0 Å². The molecule has 0 N–H and O–H groups in total. The Morgan fingerprint density at radius 2 is 2.30 bits per heavy atom. The van der Waals surface area contributed by atoms with Crippen LogP contribution in [-0.4, -0.2) is 36.0 Å². The lowest BCUT2D eigenvalue weighted by Gasteiger charge is -2.28. The van der Waals surface area contributed by atoms with Gasteiger partial charge in [-0.1, -0.05) is 6.42 Å². The summed E-state index contributed by atoms with van der Waals surface area (Å²) >= 11 is 0. The maximum atomic E-state index is 11.1. The summed E-state index contributed by atoms with van der Waals surface area (Å²) in [6.07, 6.45) is 6.05. The van der Waals surface area contributed by atoms with E-state index in [9.17, 15) is 4.79 Å². The Morgan fingerprint density at radius 3 is 2.80 bits per heavy atom. The molecule has 0 unspecified atom stereocenters. The lowest BCUT2D eigenvalue weighted by molar-refractivity contribution is 0.165. The van der Waals surface area contributed by atoms with Crippen molar-refractivity contribution in [3.63, 3.8) is 0 Å². The number of nitrogens with zero attached hydrogens (tertiary/aromatic N) is 2. The highest BCUT2D eigenvalue weighted by Crippen LogP contribution is 2.04. The summed E-state index contributed by atoms with van der Waals surface area (Å²) in [5, 5.41) is 0. The van der Waals surface area contributed by atoms with Crippen LogP contribution in [0.1, 0.15) is 6.42 Å². The number of carbonyl (C=O) groups is 1. The Hall–Kier alpha value is -1.17. The predicted octanol–water partition coefficient (Wildman–Crippen LogP) is 0.335. The number of urea groups is 1.